The molecule has 2 aromatic rings. The fraction of sp³-hybridized carbons (Fsp3) is 0.154. The zero-order valence-electron chi connectivity index (χ0n) is 11.4. The summed E-state index contributed by atoms with van der Waals surface area (Å²) in [6, 6.07) is 16.0. The third-order valence-electron chi connectivity index (χ3n) is 2.24. The third-order valence-corrected chi connectivity index (χ3v) is 2.24. The van der Waals surface area contributed by atoms with Crippen molar-refractivity contribution in [2.24, 2.45) is 0 Å². The Morgan fingerprint density at radius 1 is 0.818 bits per heavy atom. The number of hydrogen-bond donors (Lipinski definition) is 0. The van der Waals surface area contributed by atoms with Crippen LogP contribution in [0.3, 0.4) is 0 Å². The molecule has 2 rings (SSSR count). The molecule has 0 aliphatic rings. The Morgan fingerprint density at radius 2 is 1.23 bits per heavy atom. The number of nitrogens with zero attached hydrogens (tertiary/aromatic N) is 1. The molecule has 1 aromatic heterocycles. The van der Waals surface area contributed by atoms with E-state index >= 15 is 0 Å². The van der Waals surface area contributed by atoms with Gasteiger partial charge in [0.25, 0.3) is 0 Å². The van der Waals surface area contributed by atoms with Gasteiger partial charge in [0.05, 0.1) is 0 Å². The second kappa shape index (κ2) is 5.76. The Hall–Kier alpha value is -1.82. The first kappa shape index (κ1) is 18.2. The van der Waals surface area contributed by atoms with Crippen LogP contribution in [0, 0.1) is 0 Å². The number of benzene rings is 1. The van der Waals surface area contributed by atoms with Crippen LogP contribution in [0.25, 0.3) is 0 Å². The summed E-state index contributed by atoms with van der Waals surface area (Å²) in [6.45, 7) is 2.04. The number of aromatic nitrogens is 1. The van der Waals surface area contributed by atoms with Gasteiger partial charge in [-0.1, -0.05) is 36.4 Å². The quantitative estimate of drug-likeness (QED) is 0.404. The zero-order valence-corrected chi connectivity index (χ0v) is 12.3. The van der Waals surface area contributed by atoms with Crippen LogP contribution < -0.4 is 9.57 Å². The summed E-state index contributed by atoms with van der Waals surface area (Å²) in [6.07, 6.45) is 3.83. The first-order valence-corrected chi connectivity index (χ1v) is 8.09. The Balaban J connectivity index is 0.000000295. The molecule has 0 amide bonds. The zero-order chi connectivity index (χ0) is 16.9. The van der Waals surface area contributed by atoms with Gasteiger partial charge >= 0.3 is 33.0 Å². The van der Waals surface area contributed by atoms with Crippen LogP contribution >= 0.6 is 7.81 Å². The van der Waals surface area contributed by atoms with Crippen molar-refractivity contribution in [2.75, 3.05) is 0 Å². The number of hydrogen-bond acceptors (Lipinski definition) is 1. The number of rotatable bonds is 3. The first-order valence-electron chi connectivity index (χ1n) is 6.06. The Labute approximate surface area is 123 Å². The molecule has 1 atom stereocenters. The van der Waals surface area contributed by atoms with Crippen LogP contribution in [-0.2, 0) is 0 Å². The average molecular weight is 345 g/mol. The summed E-state index contributed by atoms with van der Waals surface area (Å²) < 4.78 is 60.9. The second-order valence-corrected chi connectivity index (χ2v) is 6.27. The van der Waals surface area contributed by atoms with E-state index in [1.807, 2.05) is 55.7 Å². The van der Waals surface area contributed by atoms with Gasteiger partial charge in [0.1, 0.15) is 0 Å². The average Bonchev–Trinajstić information content (AvgIpc) is 2.37. The van der Waals surface area contributed by atoms with E-state index in [9.17, 15) is 25.2 Å². The maximum absolute atomic E-state index is 10.7. The van der Waals surface area contributed by atoms with Gasteiger partial charge in [-0.05, 0) is 12.5 Å². The van der Waals surface area contributed by atoms with Crippen LogP contribution in [0.2, 0.25) is 0 Å². The minimum atomic E-state index is -10.7. The van der Waals surface area contributed by atoms with E-state index < -0.39 is 7.81 Å². The van der Waals surface area contributed by atoms with Gasteiger partial charge in [0.2, 0.25) is 12.4 Å². The summed E-state index contributed by atoms with van der Waals surface area (Å²) in [5.41, 5.74) is 1.17. The van der Waals surface area contributed by atoms with Gasteiger partial charge in [0, 0.05) is 16.9 Å². The fourth-order valence-corrected chi connectivity index (χ4v) is 1.42. The molecule has 0 N–H and O–H groups in total. The number of halogens is 6. The number of pyridine rings is 1. The molecule has 0 aliphatic heterocycles. The predicted octanol–water partition coefficient (Wildman–Crippen LogP) is 5.55. The molecule has 1 heterocycles. The van der Waals surface area contributed by atoms with Gasteiger partial charge in [-0.2, -0.15) is 0 Å². The Morgan fingerprint density at radius 3 is 1.68 bits per heavy atom. The summed E-state index contributed by atoms with van der Waals surface area (Å²) in [5.74, 6) is 0. The molecular weight excluding hydrogens is 331 g/mol. The maximum atomic E-state index is 9.87. The van der Waals surface area contributed by atoms with E-state index in [4.69, 9.17) is 4.84 Å². The predicted molar refractivity (Wildman–Crippen MR) is 71.6 cm³/mol. The topological polar surface area (TPSA) is 13.1 Å². The normalized spacial score (nSPS) is 15.6. The first-order chi connectivity index (χ1) is 9.81. The molecule has 1 unspecified atom stereocenters. The summed E-state index contributed by atoms with van der Waals surface area (Å²) in [4.78, 5) is 5.72. The van der Waals surface area contributed by atoms with Crippen molar-refractivity contribution in [3.8, 4) is 0 Å². The monoisotopic (exact) mass is 345 g/mol. The summed E-state index contributed by atoms with van der Waals surface area (Å²) >= 11 is 0. The van der Waals surface area contributed by atoms with Crippen molar-refractivity contribution in [1.29, 1.82) is 0 Å². The molecule has 2 nitrogen and oxygen atoms in total. The molecule has 0 spiro atoms. The van der Waals surface area contributed by atoms with E-state index in [0.717, 1.165) is 0 Å². The van der Waals surface area contributed by atoms with Crippen LogP contribution in [0.5, 0.6) is 0 Å². The summed E-state index contributed by atoms with van der Waals surface area (Å²) in [7, 11) is -10.7. The van der Waals surface area contributed by atoms with Crippen molar-refractivity contribution in [2.45, 2.75) is 13.0 Å². The van der Waals surface area contributed by atoms with E-state index in [1.54, 1.807) is 4.73 Å². The molecule has 124 valence electrons. The van der Waals surface area contributed by atoms with E-state index in [-0.39, 0.29) is 6.10 Å². The minimum absolute atomic E-state index is 0.0543. The molecule has 0 saturated carbocycles. The van der Waals surface area contributed by atoms with Crippen LogP contribution in [0.1, 0.15) is 18.6 Å². The molecule has 0 radical (unpaired) electrons. The molecule has 0 saturated heterocycles. The van der Waals surface area contributed by atoms with Crippen molar-refractivity contribution >= 4 is 7.81 Å². The van der Waals surface area contributed by atoms with Gasteiger partial charge in [-0.15, -0.1) is 0 Å². The molecule has 22 heavy (non-hydrogen) atoms. The molecule has 0 fully saturated rings. The molecular formula is C13H14F6NOP. The van der Waals surface area contributed by atoms with E-state index in [2.05, 4.69) is 12.1 Å². The van der Waals surface area contributed by atoms with E-state index in [1.165, 1.54) is 5.56 Å². The van der Waals surface area contributed by atoms with Gasteiger partial charge in [-0.3, -0.25) is 4.84 Å². The Bertz CT molecular complexity index is 576. The standard InChI is InChI=1S/C13H14NO.F6P/c1-12(13-8-4-2-5-9-13)15-14-10-6-3-7-11-14;1-7(2,3,4,5)6/h2-12H,1H3;/q+1;-1. The fourth-order valence-electron chi connectivity index (χ4n) is 1.42. The Kier molecular flexibility index (Phi) is 4.77. The van der Waals surface area contributed by atoms with Crippen molar-refractivity contribution in [1.82, 2.24) is 0 Å². The van der Waals surface area contributed by atoms with Crippen molar-refractivity contribution in [3.63, 3.8) is 0 Å². The van der Waals surface area contributed by atoms with Gasteiger partial charge in [-0.25, -0.2) is 0 Å². The SMILES string of the molecule is CC(O[n+]1ccccc1)c1ccccc1.F[P-](F)(F)(F)(F)F. The van der Waals surface area contributed by atoms with Crippen molar-refractivity contribution in [3.05, 3.63) is 66.5 Å². The molecule has 1 aromatic carbocycles. The van der Waals surface area contributed by atoms with Crippen LogP contribution in [-0.4, -0.2) is 0 Å². The summed E-state index contributed by atoms with van der Waals surface area (Å²) in [5, 5.41) is 0. The molecule has 9 heteroatoms. The second-order valence-electron chi connectivity index (χ2n) is 4.35. The molecule has 0 aliphatic carbocycles. The van der Waals surface area contributed by atoms with Gasteiger partial charge in [0.15, 0.2) is 6.10 Å². The van der Waals surface area contributed by atoms with Crippen molar-refractivity contribution < 1.29 is 34.7 Å². The van der Waals surface area contributed by atoms with E-state index in [0.29, 0.717) is 0 Å². The third kappa shape index (κ3) is 10.9. The molecule has 0 bridgehead atoms. The van der Waals surface area contributed by atoms with Crippen LogP contribution in [0.4, 0.5) is 25.2 Å². The van der Waals surface area contributed by atoms with Crippen LogP contribution in [0.15, 0.2) is 60.9 Å². The van der Waals surface area contributed by atoms with Gasteiger partial charge < -0.3 is 0 Å².